The molecule has 2 rings (SSSR count). The minimum Gasteiger partial charge on any atom is -0.475 e. The Bertz CT molecular complexity index is 661. The topological polar surface area (TPSA) is 82.8 Å². The maximum Gasteiger partial charge on any atom is 0.371 e. The van der Waals surface area contributed by atoms with Crippen LogP contribution in [0.3, 0.4) is 0 Å². The number of furan rings is 1. The lowest BCUT2D eigenvalue weighted by atomic mass is 10.2. The summed E-state index contributed by atoms with van der Waals surface area (Å²) < 4.78 is 5.07. The zero-order valence-electron chi connectivity index (χ0n) is 11.8. The van der Waals surface area contributed by atoms with Crippen molar-refractivity contribution in [2.24, 2.45) is 0 Å². The van der Waals surface area contributed by atoms with E-state index in [2.05, 4.69) is 5.32 Å². The highest BCUT2D eigenvalue weighted by Crippen LogP contribution is 2.13. The molecule has 1 aromatic carbocycles. The van der Waals surface area contributed by atoms with Crippen molar-refractivity contribution in [3.05, 3.63) is 53.5 Å². The van der Waals surface area contributed by atoms with Crippen molar-refractivity contribution in [2.75, 3.05) is 19.0 Å². The lowest BCUT2D eigenvalue weighted by molar-refractivity contribution is 0.0660. The summed E-state index contributed by atoms with van der Waals surface area (Å²) in [5.41, 5.74) is 1.46. The number of carboxylic acids is 1. The fraction of sp³-hybridized carbons (Fsp3) is 0.200. The number of carbonyl (C=O) groups is 2. The number of rotatable bonds is 5. The van der Waals surface area contributed by atoms with Gasteiger partial charge in [0.05, 0.1) is 6.54 Å². The van der Waals surface area contributed by atoms with E-state index in [-0.39, 0.29) is 18.2 Å². The minimum absolute atomic E-state index is 0.137. The predicted molar refractivity (Wildman–Crippen MR) is 77.6 cm³/mol. The normalized spacial score (nSPS) is 10.2. The van der Waals surface area contributed by atoms with E-state index < -0.39 is 5.97 Å². The fourth-order valence-electron chi connectivity index (χ4n) is 1.78. The molecule has 0 unspecified atom stereocenters. The number of hydrogen-bond donors (Lipinski definition) is 2. The second-order valence-electron chi connectivity index (χ2n) is 4.70. The van der Waals surface area contributed by atoms with Crippen molar-refractivity contribution in [3.8, 4) is 0 Å². The molecule has 1 aromatic heterocycles. The van der Waals surface area contributed by atoms with Crippen LogP contribution in [0.15, 0.2) is 40.8 Å². The number of hydrogen-bond acceptors (Lipinski definition) is 4. The van der Waals surface area contributed by atoms with Crippen molar-refractivity contribution in [1.29, 1.82) is 0 Å². The van der Waals surface area contributed by atoms with Gasteiger partial charge in [0.15, 0.2) is 0 Å². The summed E-state index contributed by atoms with van der Waals surface area (Å²) in [4.78, 5) is 24.6. The smallest absolute Gasteiger partial charge is 0.371 e. The maximum atomic E-state index is 12.0. The Hall–Kier alpha value is -2.76. The zero-order valence-corrected chi connectivity index (χ0v) is 11.8. The van der Waals surface area contributed by atoms with Crippen LogP contribution in [0.4, 0.5) is 5.69 Å². The third-order valence-corrected chi connectivity index (χ3v) is 2.92. The molecule has 2 N–H and O–H groups in total. The van der Waals surface area contributed by atoms with Gasteiger partial charge >= 0.3 is 5.97 Å². The number of nitrogens with one attached hydrogen (secondary N) is 1. The minimum atomic E-state index is -1.13. The zero-order chi connectivity index (χ0) is 15.4. The average molecular weight is 288 g/mol. The Labute approximate surface area is 122 Å². The van der Waals surface area contributed by atoms with E-state index >= 15 is 0 Å². The Kier molecular flexibility index (Phi) is 4.27. The molecule has 0 spiro atoms. The van der Waals surface area contributed by atoms with Gasteiger partial charge in [0.25, 0.3) is 5.91 Å². The number of nitrogens with zero attached hydrogens (tertiary/aromatic N) is 1. The highest BCUT2D eigenvalue weighted by Gasteiger charge is 2.11. The summed E-state index contributed by atoms with van der Waals surface area (Å²) in [6.07, 6.45) is 0. The number of benzene rings is 1. The largest absolute Gasteiger partial charge is 0.475 e. The van der Waals surface area contributed by atoms with Gasteiger partial charge in [-0.2, -0.15) is 0 Å². The molecule has 0 atom stereocenters. The Morgan fingerprint density at radius 3 is 2.62 bits per heavy atom. The van der Waals surface area contributed by atoms with E-state index in [1.54, 1.807) is 18.2 Å². The van der Waals surface area contributed by atoms with E-state index in [9.17, 15) is 9.59 Å². The van der Waals surface area contributed by atoms with Gasteiger partial charge in [0.1, 0.15) is 5.76 Å². The average Bonchev–Trinajstić information content (AvgIpc) is 2.94. The highest BCUT2D eigenvalue weighted by molar-refractivity contribution is 5.95. The molecule has 0 bridgehead atoms. The monoisotopic (exact) mass is 288 g/mol. The van der Waals surface area contributed by atoms with Crippen LogP contribution in [-0.4, -0.2) is 31.1 Å². The SMILES string of the molecule is CN(C)c1cccc(C(=O)NCc2ccc(C(=O)O)o2)c1. The summed E-state index contributed by atoms with van der Waals surface area (Å²) in [5, 5.41) is 11.4. The highest BCUT2D eigenvalue weighted by atomic mass is 16.4. The maximum absolute atomic E-state index is 12.0. The molecule has 0 saturated carbocycles. The number of aromatic carboxylic acids is 1. The standard InChI is InChI=1S/C15H16N2O4/c1-17(2)11-5-3-4-10(8-11)14(18)16-9-12-6-7-13(21-12)15(19)20/h3-8H,9H2,1-2H3,(H,16,18)(H,19,20). The molecule has 6 heteroatoms. The van der Waals surface area contributed by atoms with Gasteiger partial charge < -0.3 is 19.7 Å². The van der Waals surface area contributed by atoms with Gasteiger partial charge in [-0.05, 0) is 30.3 Å². The second-order valence-corrected chi connectivity index (χ2v) is 4.70. The van der Waals surface area contributed by atoms with Crippen molar-refractivity contribution in [3.63, 3.8) is 0 Å². The van der Waals surface area contributed by atoms with Crippen LogP contribution in [0.2, 0.25) is 0 Å². The van der Waals surface area contributed by atoms with Gasteiger partial charge in [0, 0.05) is 25.3 Å². The van der Waals surface area contributed by atoms with Crippen molar-refractivity contribution >= 4 is 17.6 Å². The summed E-state index contributed by atoms with van der Waals surface area (Å²) >= 11 is 0. The first-order valence-electron chi connectivity index (χ1n) is 6.35. The van der Waals surface area contributed by atoms with Crippen molar-refractivity contribution < 1.29 is 19.1 Å². The molecule has 1 amide bonds. The van der Waals surface area contributed by atoms with E-state index in [0.717, 1.165) is 5.69 Å². The molecule has 0 aliphatic carbocycles. The molecular formula is C15H16N2O4. The van der Waals surface area contributed by atoms with E-state index in [0.29, 0.717) is 11.3 Å². The first kappa shape index (κ1) is 14.6. The first-order chi connectivity index (χ1) is 9.97. The molecule has 2 aromatic rings. The van der Waals surface area contributed by atoms with Crippen molar-refractivity contribution in [2.45, 2.75) is 6.54 Å². The Balaban J connectivity index is 2.01. The molecule has 1 heterocycles. The first-order valence-corrected chi connectivity index (χ1v) is 6.35. The summed E-state index contributed by atoms with van der Waals surface area (Å²) in [5.74, 6) is -1.13. The summed E-state index contributed by atoms with van der Waals surface area (Å²) in [6.45, 7) is 0.137. The number of amides is 1. The third kappa shape index (κ3) is 3.62. The van der Waals surface area contributed by atoms with Gasteiger partial charge in [-0.3, -0.25) is 4.79 Å². The molecule has 21 heavy (non-hydrogen) atoms. The lowest BCUT2D eigenvalue weighted by Crippen LogP contribution is -2.23. The van der Waals surface area contributed by atoms with Gasteiger partial charge in [0.2, 0.25) is 5.76 Å². The Morgan fingerprint density at radius 1 is 1.24 bits per heavy atom. The molecule has 0 fully saturated rings. The molecule has 110 valence electrons. The number of anilines is 1. The van der Waals surface area contributed by atoms with Crippen LogP contribution in [0, 0.1) is 0 Å². The molecule has 0 saturated heterocycles. The van der Waals surface area contributed by atoms with Gasteiger partial charge in [-0.1, -0.05) is 6.07 Å². The van der Waals surface area contributed by atoms with Crippen LogP contribution in [0.25, 0.3) is 0 Å². The predicted octanol–water partition coefficient (Wildman–Crippen LogP) is 1.97. The molecular weight excluding hydrogens is 272 g/mol. The van der Waals surface area contributed by atoms with Gasteiger partial charge in [-0.15, -0.1) is 0 Å². The quantitative estimate of drug-likeness (QED) is 0.879. The van der Waals surface area contributed by atoms with Crippen molar-refractivity contribution in [1.82, 2.24) is 5.32 Å². The van der Waals surface area contributed by atoms with Crippen LogP contribution < -0.4 is 10.2 Å². The van der Waals surface area contributed by atoms with Crippen LogP contribution in [0.1, 0.15) is 26.7 Å². The number of carboxylic acid groups (broad SMARTS) is 1. The van der Waals surface area contributed by atoms with E-state index in [4.69, 9.17) is 9.52 Å². The second kappa shape index (κ2) is 6.13. The third-order valence-electron chi connectivity index (χ3n) is 2.92. The van der Waals surface area contributed by atoms with E-state index in [1.165, 1.54) is 12.1 Å². The molecule has 0 aliphatic rings. The molecule has 0 aliphatic heterocycles. The summed E-state index contributed by atoms with van der Waals surface area (Å²) in [6, 6.07) is 10.1. The molecule has 6 nitrogen and oxygen atoms in total. The van der Waals surface area contributed by atoms with Crippen LogP contribution in [-0.2, 0) is 6.54 Å². The van der Waals surface area contributed by atoms with Crippen LogP contribution >= 0.6 is 0 Å². The number of carbonyl (C=O) groups excluding carboxylic acids is 1. The van der Waals surface area contributed by atoms with E-state index in [1.807, 2.05) is 25.1 Å². The fourth-order valence-corrected chi connectivity index (χ4v) is 1.78. The lowest BCUT2D eigenvalue weighted by Gasteiger charge is -2.13. The molecule has 0 radical (unpaired) electrons. The summed E-state index contributed by atoms with van der Waals surface area (Å²) in [7, 11) is 3.79. The Morgan fingerprint density at radius 2 is 2.00 bits per heavy atom. The van der Waals surface area contributed by atoms with Gasteiger partial charge in [-0.25, -0.2) is 4.79 Å². The van der Waals surface area contributed by atoms with Crippen LogP contribution in [0.5, 0.6) is 0 Å².